The second-order valence-corrected chi connectivity index (χ2v) is 2.46. The third-order valence-corrected chi connectivity index (χ3v) is 1.58. The van der Waals surface area contributed by atoms with Gasteiger partial charge in [-0.3, -0.25) is 0 Å². The summed E-state index contributed by atoms with van der Waals surface area (Å²) < 4.78 is 0. The third-order valence-electron chi connectivity index (χ3n) is 1.58. The summed E-state index contributed by atoms with van der Waals surface area (Å²) in [5.41, 5.74) is 0.386. The lowest BCUT2D eigenvalue weighted by molar-refractivity contribution is -0.132. The smallest absolute Gasteiger partial charge is 0.330 e. The maximum atomic E-state index is 10.4. The first-order valence-electron chi connectivity index (χ1n) is 3.66. The van der Waals surface area contributed by atoms with Gasteiger partial charge in [-0.15, -0.1) is 6.58 Å². The average molecular weight is 154 g/mol. The quantitative estimate of drug-likeness (QED) is 0.498. The monoisotopic (exact) mass is 154 g/mol. The minimum Gasteiger partial charge on any atom is -0.478 e. The third kappa shape index (κ3) is 3.61. The van der Waals surface area contributed by atoms with Crippen molar-refractivity contribution in [1.82, 2.24) is 0 Å². The minimum atomic E-state index is -0.856. The van der Waals surface area contributed by atoms with Gasteiger partial charge in [-0.2, -0.15) is 0 Å². The van der Waals surface area contributed by atoms with Crippen LogP contribution in [0.4, 0.5) is 0 Å². The standard InChI is InChI=1S/C9H14O2/c1-4-8(5-2)6-7(3)9(10)11/h4,6,8H,1,5H2,2-3H3,(H,10,11). The predicted octanol–water partition coefficient (Wildman–Crippen LogP) is 2.23. The molecule has 2 heteroatoms. The molecule has 0 saturated carbocycles. The van der Waals surface area contributed by atoms with E-state index >= 15 is 0 Å². The van der Waals surface area contributed by atoms with Gasteiger partial charge in [0.2, 0.25) is 0 Å². The SMILES string of the molecule is C=CC(C=C(C)C(=O)O)CC. The first kappa shape index (κ1) is 9.95. The molecule has 0 aliphatic carbocycles. The molecule has 62 valence electrons. The van der Waals surface area contributed by atoms with E-state index in [1.807, 2.05) is 6.92 Å². The molecule has 0 aliphatic rings. The van der Waals surface area contributed by atoms with Crippen molar-refractivity contribution in [2.75, 3.05) is 0 Å². The van der Waals surface area contributed by atoms with Crippen molar-refractivity contribution in [2.24, 2.45) is 5.92 Å². The summed E-state index contributed by atoms with van der Waals surface area (Å²) in [7, 11) is 0. The Bertz CT molecular complexity index is 180. The van der Waals surface area contributed by atoms with Crippen molar-refractivity contribution >= 4 is 5.97 Å². The molecular weight excluding hydrogens is 140 g/mol. The summed E-state index contributed by atoms with van der Waals surface area (Å²) in [6.45, 7) is 7.20. The number of hydrogen-bond donors (Lipinski definition) is 1. The number of rotatable bonds is 4. The number of aliphatic carboxylic acids is 1. The number of carboxylic acid groups (broad SMARTS) is 1. The topological polar surface area (TPSA) is 37.3 Å². The molecule has 0 aromatic carbocycles. The second kappa shape index (κ2) is 4.72. The average Bonchev–Trinajstić information content (AvgIpc) is 1.99. The van der Waals surface area contributed by atoms with Crippen LogP contribution in [-0.2, 0) is 4.79 Å². The molecule has 0 fully saturated rings. The molecule has 0 aromatic heterocycles. The van der Waals surface area contributed by atoms with Crippen LogP contribution in [0.15, 0.2) is 24.3 Å². The fourth-order valence-electron chi connectivity index (χ4n) is 0.745. The Balaban J connectivity index is 4.25. The zero-order valence-corrected chi connectivity index (χ0v) is 7.00. The van der Waals surface area contributed by atoms with E-state index in [1.54, 1.807) is 19.1 Å². The van der Waals surface area contributed by atoms with Crippen LogP contribution >= 0.6 is 0 Å². The van der Waals surface area contributed by atoms with E-state index < -0.39 is 5.97 Å². The van der Waals surface area contributed by atoms with Crippen LogP contribution in [0, 0.1) is 5.92 Å². The zero-order valence-electron chi connectivity index (χ0n) is 7.00. The summed E-state index contributed by atoms with van der Waals surface area (Å²) >= 11 is 0. The molecule has 2 nitrogen and oxygen atoms in total. The summed E-state index contributed by atoms with van der Waals surface area (Å²) in [5, 5.41) is 8.52. The zero-order chi connectivity index (χ0) is 8.85. The van der Waals surface area contributed by atoms with Crippen LogP contribution in [0.2, 0.25) is 0 Å². The maximum Gasteiger partial charge on any atom is 0.330 e. The van der Waals surface area contributed by atoms with Crippen molar-refractivity contribution in [1.29, 1.82) is 0 Å². The van der Waals surface area contributed by atoms with Crippen molar-refractivity contribution in [3.8, 4) is 0 Å². The van der Waals surface area contributed by atoms with Gasteiger partial charge in [-0.05, 0) is 19.3 Å². The number of carbonyl (C=O) groups is 1. The first-order chi connectivity index (χ1) is 5.11. The Hall–Kier alpha value is -1.05. The van der Waals surface area contributed by atoms with Gasteiger partial charge in [0.05, 0.1) is 0 Å². The van der Waals surface area contributed by atoms with Crippen molar-refractivity contribution < 1.29 is 9.90 Å². The van der Waals surface area contributed by atoms with E-state index in [0.717, 1.165) is 6.42 Å². The maximum absolute atomic E-state index is 10.4. The summed E-state index contributed by atoms with van der Waals surface area (Å²) in [6.07, 6.45) is 4.37. The lowest BCUT2D eigenvalue weighted by Crippen LogP contribution is -1.99. The fraction of sp³-hybridized carbons (Fsp3) is 0.444. The predicted molar refractivity (Wildman–Crippen MR) is 45.4 cm³/mol. The van der Waals surface area contributed by atoms with Crippen LogP contribution < -0.4 is 0 Å². The Morgan fingerprint density at radius 1 is 1.73 bits per heavy atom. The number of carboxylic acids is 1. The Labute approximate surface area is 67.2 Å². The highest BCUT2D eigenvalue weighted by Crippen LogP contribution is 2.08. The van der Waals surface area contributed by atoms with E-state index in [2.05, 4.69) is 6.58 Å². The Morgan fingerprint density at radius 3 is 2.55 bits per heavy atom. The van der Waals surface area contributed by atoms with Crippen molar-refractivity contribution in [2.45, 2.75) is 20.3 Å². The molecule has 0 spiro atoms. The highest BCUT2D eigenvalue weighted by Gasteiger charge is 2.02. The molecule has 11 heavy (non-hydrogen) atoms. The van der Waals surface area contributed by atoms with E-state index in [9.17, 15) is 4.79 Å². The summed E-state index contributed by atoms with van der Waals surface area (Å²) in [6, 6.07) is 0. The molecule has 0 radical (unpaired) electrons. The van der Waals surface area contributed by atoms with Crippen LogP contribution in [0.25, 0.3) is 0 Å². The lowest BCUT2D eigenvalue weighted by Gasteiger charge is -2.02. The molecule has 1 unspecified atom stereocenters. The normalized spacial score (nSPS) is 14.2. The van der Waals surface area contributed by atoms with Gasteiger partial charge >= 0.3 is 5.97 Å². The molecule has 0 aromatic rings. The van der Waals surface area contributed by atoms with E-state index in [4.69, 9.17) is 5.11 Å². The molecule has 0 bridgehead atoms. The molecule has 0 amide bonds. The molecule has 0 saturated heterocycles. The molecular formula is C9H14O2. The van der Waals surface area contributed by atoms with Crippen LogP contribution in [0.5, 0.6) is 0 Å². The first-order valence-corrected chi connectivity index (χ1v) is 3.66. The number of allylic oxidation sites excluding steroid dienone is 2. The van der Waals surface area contributed by atoms with Gasteiger partial charge in [-0.25, -0.2) is 4.79 Å². The van der Waals surface area contributed by atoms with Gasteiger partial charge in [-0.1, -0.05) is 19.1 Å². The molecule has 0 heterocycles. The van der Waals surface area contributed by atoms with Crippen molar-refractivity contribution in [3.05, 3.63) is 24.3 Å². The van der Waals surface area contributed by atoms with Gasteiger partial charge < -0.3 is 5.11 Å². The van der Waals surface area contributed by atoms with E-state index in [1.165, 1.54) is 0 Å². The molecule has 1 N–H and O–H groups in total. The van der Waals surface area contributed by atoms with Gasteiger partial charge in [0.15, 0.2) is 0 Å². The largest absolute Gasteiger partial charge is 0.478 e. The highest BCUT2D eigenvalue weighted by molar-refractivity contribution is 5.85. The van der Waals surface area contributed by atoms with Crippen LogP contribution in [0.1, 0.15) is 20.3 Å². The van der Waals surface area contributed by atoms with E-state index in [0.29, 0.717) is 5.57 Å². The Morgan fingerprint density at radius 2 is 2.27 bits per heavy atom. The molecule has 1 atom stereocenters. The fourth-order valence-corrected chi connectivity index (χ4v) is 0.745. The summed E-state index contributed by atoms with van der Waals surface area (Å²) in [4.78, 5) is 10.4. The Kier molecular flexibility index (Phi) is 4.27. The second-order valence-electron chi connectivity index (χ2n) is 2.46. The van der Waals surface area contributed by atoms with Crippen molar-refractivity contribution in [3.63, 3.8) is 0 Å². The van der Waals surface area contributed by atoms with Crippen LogP contribution in [0.3, 0.4) is 0 Å². The van der Waals surface area contributed by atoms with Crippen LogP contribution in [-0.4, -0.2) is 11.1 Å². The molecule has 0 rings (SSSR count). The van der Waals surface area contributed by atoms with E-state index in [-0.39, 0.29) is 5.92 Å². The minimum absolute atomic E-state index is 0.186. The van der Waals surface area contributed by atoms with Gasteiger partial charge in [0.1, 0.15) is 0 Å². The lowest BCUT2D eigenvalue weighted by atomic mass is 10.0. The number of hydrogen-bond acceptors (Lipinski definition) is 1. The van der Waals surface area contributed by atoms with Gasteiger partial charge in [0, 0.05) is 5.57 Å². The molecule has 0 aliphatic heterocycles. The summed E-state index contributed by atoms with van der Waals surface area (Å²) in [5.74, 6) is -0.670. The highest BCUT2D eigenvalue weighted by atomic mass is 16.4. The van der Waals surface area contributed by atoms with Gasteiger partial charge in [0.25, 0.3) is 0 Å².